The van der Waals surface area contributed by atoms with Gasteiger partial charge in [0.15, 0.2) is 5.69 Å². The lowest BCUT2D eigenvalue weighted by molar-refractivity contribution is 0.0992. The van der Waals surface area contributed by atoms with Crippen molar-refractivity contribution in [2.75, 3.05) is 13.7 Å². The summed E-state index contributed by atoms with van der Waals surface area (Å²) in [6.07, 6.45) is 3.54. The second-order valence-corrected chi connectivity index (χ2v) is 12.0. The SMILES string of the molecule is COc1ccccc1C(=O)N=Nc1c(O)n(CN2C[C@]3(C)C[C@H]2CC(C)(C)C3)c2ccc(Br)cc12. The number of aromatic nitrogens is 1. The molecule has 2 heterocycles. The molecule has 184 valence electrons. The lowest BCUT2D eigenvalue weighted by atomic mass is 9.65. The highest BCUT2D eigenvalue weighted by Gasteiger charge is 2.49. The molecule has 1 amide bonds. The van der Waals surface area contributed by atoms with Crippen LogP contribution in [0.15, 0.2) is 57.2 Å². The predicted octanol–water partition coefficient (Wildman–Crippen LogP) is 6.90. The summed E-state index contributed by atoms with van der Waals surface area (Å²) in [4.78, 5) is 15.3. The Balaban J connectivity index is 1.50. The van der Waals surface area contributed by atoms with Crippen LogP contribution in [0.2, 0.25) is 0 Å². The minimum Gasteiger partial charge on any atom is -0.496 e. The zero-order valence-electron chi connectivity index (χ0n) is 20.6. The van der Waals surface area contributed by atoms with Gasteiger partial charge in [-0.1, -0.05) is 48.8 Å². The number of para-hydroxylation sites is 1. The molecule has 1 N–H and O–H groups in total. The van der Waals surface area contributed by atoms with Crippen LogP contribution >= 0.6 is 15.9 Å². The van der Waals surface area contributed by atoms with Crippen molar-refractivity contribution in [2.24, 2.45) is 21.1 Å². The first-order valence-corrected chi connectivity index (χ1v) is 12.7. The molecular weight excluding hydrogens is 508 g/mol. The summed E-state index contributed by atoms with van der Waals surface area (Å²) in [5.74, 6) is -0.0794. The van der Waals surface area contributed by atoms with Crippen molar-refractivity contribution in [1.82, 2.24) is 9.47 Å². The number of fused-ring (bicyclic) bond motifs is 3. The maximum atomic E-state index is 12.8. The van der Waals surface area contributed by atoms with Gasteiger partial charge in [0.25, 0.3) is 5.91 Å². The van der Waals surface area contributed by atoms with E-state index in [0.29, 0.717) is 35.1 Å². The van der Waals surface area contributed by atoms with E-state index in [1.54, 1.807) is 24.3 Å². The van der Waals surface area contributed by atoms with Crippen LogP contribution in [0.5, 0.6) is 11.6 Å². The number of nitrogens with zero attached hydrogens (tertiary/aromatic N) is 4. The summed E-state index contributed by atoms with van der Waals surface area (Å²) in [7, 11) is 1.51. The van der Waals surface area contributed by atoms with E-state index in [9.17, 15) is 9.90 Å². The second kappa shape index (κ2) is 8.75. The van der Waals surface area contributed by atoms with Crippen molar-refractivity contribution in [3.63, 3.8) is 0 Å². The van der Waals surface area contributed by atoms with Crippen LogP contribution in [0, 0.1) is 10.8 Å². The summed E-state index contributed by atoms with van der Waals surface area (Å²) < 4.78 is 8.03. The molecule has 5 rings (SSSR count). The van der Waals surface area contributed by atoms with Gasteiger partial charge >= 0.3 is 0 Å². The predicted molar refractivity (Wildman–Crippen MR) is 139 cm³/mol. The number of likely N-dealkylation sites (tertiary alicyclic amines) is 1. The molecule has 1 saturated carbocycles. The number of aromatic hydroxyl groups is 1. The topological polar surface area (TPSA) is 79.4 Å². The van der Waals surface area contributed by atoms with E-state index in [2.05, 4.69) is 51.8 Å². The molecule has 0 radical (unpaired) electrons. The number of methoxy groups -OCH3 is 1. The molecule has 8 heteroatoms. The maximum absolute atomic E-state index is 12.8. The molecule has 0 spiro atoms. The fourth-order valence-corrected chi connectivity index (χ4v) is 6.79. The Morgan fingerprint density at radius 1 is 1.20 bits per heavy atom. The van der Waals surface area contributed by atoms with Gasteiger partial charge in [-0.2, -0.15) is 0 Å². The second-order valence-electron chi connectivity index (χ2n) is 11.1. The Kier molecular flexibility index (Phi) is 6.00. The highest BCUT2D eigenvalue weighted by molar-refractivity contribution is 9.10. The van der Waals surface area contributed by atoms with Gasteiger partial charge in [0.2, 0.25) is 5.88 Å². The summed E-state index contributed by atoms with van der Waals surface area (Å²) in [5, 5.41) is 20.2. The molecule has 1 aromatic heterocycles. The highest BCUT2D eigenvalue weighted by Crippen LogP contribution is 2.53. The van der Waals surface area contributed by atoms with Crippen molar-refractivity contribution >= 4 is 38.4 Å². The monoisotopic (exact) mass is 538 g/mol. The van der Waals surface area contributed by atoms with E-state index < -0.39 is 5.91 Å². The summed E-state index contributed by atoms with van der Waals surface area (Å²) in [6, 6.07) is 13.2. The standard InChI is InChI=1S/C27H31BrN4O3/c1-26(2)12-18-13-27(3,14-26)15-31(18)16-32-21-10-9-17(28)11-20(21)23(25(32)34)29-30-24(33)19-7-5-6-8-22(19)35-4/h5-11,18,34H,12-16H2,1-4H3/t18-,27-/m1/s1. The van der Waals surface area contributed by atoms with Crippen LogP contribution in [0.3, 0.4) is 0 Å². The van der Waals surface area contributed by atoms with E-state index in [-0.39, 0.29) is 11.3 Å². The Bertz CT molecular complexity index is 1330. The molecule has 2 atom stereocenters. The zero-order valence-corrected chi connectivity index (χ0v) is 22.2. The van der Waals surface area contributed by atoms with Crippen molar-refractivity contribution in [3.05, 3.63) is 52.5 Å². The van der Waals surface area contributed by atoms with Crippen LogP contribution in [-0.4, -0.2) is 40.2 Å². The lowest BCUT2D eigenvalue weighted by Gasteiger charge is -2.40. The van der Waals surface area contributed by atoms with E-state index in [1.807, 2.05) is 22.8 Å². The molecule has 1 aliphatic carbocycles. The van der Waals surface area contributed by atoms with E-state index in [4.69, 9.17) is 4.74 Å². The lowest BCUT2D eigenvalue weighted by Crippen LogP contribution is -2.35. The number of carbonyl (C=O) groups is 1. The van der Waals surface area contributed by atoms with Crippen molar-refractivity contribution in [3.8, 4) is 11.6 Å². The Morgan fingerprint density at radius 2 is 1.97 bits per heavy atom. The van der Waals surface area contributed by atoms with Crippen molar-refractivity contribution in [1.29, 1.82) is 0 Å². The fraction of sp³-hybridized carbons (Fsp3) is 0.444. The quantitative estimate of drug-likeness (QED) is 0.358. The van der Waals surface area contributed by atoms with Crippen LogP contribution in [0.4, 0.5) is 5.69 Å². The Morgan fingerprint density at radius 3 is 2.74 bits per heavy atom. The van der Waals surface area contributed by atoms with Crippen LogP contribution in [-0.2, 0) is 6.67 Å². The minimum atomic E-state index is -0.527. The van der Waals surface area contributed by atoms with Gasteiger partial charge in [0, 0.05) is 22.4 Å². The van der Waals surface area contributed by atoms with Gasteiger partial charge in [-0.3, -0.25) is 14.3 Å². The van der Waals surface area contributed by atoms with Gasteiger partial charge in [0.1, 0.15) is 5.75 Å². The third-order valence-corrected chi connectivity index (χ3v) is 7.89. The summed E-state index contributed by atoms with van der Waals surface area (Å²) in [6.45, 7) is 8.67. The average Bonchev–Trinajstić information content (AvgIpc) is 3.19. The first kappa shape index (κ1) is 24.0. The molecule has 0 unspecified atom stereocenters. The average molecular weight is 539 g/mol. The molecule has 1 aliphatic heterocycles. The van der Waals surface area contributed by atoms with Gasteiger partial charge in [-0.25, -0.2) is 0 Å². The van der Waals surface area contributed by atoms with Gasteiger partial charge in [0.05, 0.1) is 24.9 Å². The molecule has 3 aromatic rings. The number of hydrogen-bond acceptors (Lipinski definition) is 5. The molecular formula is C27H31BrN4O3. The Labute approximate surface area is 213 Å². The maximum Gasteiger partial charge on any atom is 0.299 e. The molecule has 7 nitrogen and oxygen atoms in total. The van der Waals surface area contributed by atoms with Gasteiger partial charge in [-0.05, 0) is 60.4 Å². The molecule has 35 heavy (non-hydrogen) atoms. The molecule has 1 saturated heterocycles. The number of benzene rings is 2. The number of hydrogen-bond donors (Lipinski definition) is 1. The number of rotatable bonds is 5. The van der Waals surface area contributed by atoms with Crippen LogP contribution < -0.4 is 4.74 Å². The molecule has 2 aliphatic rings. The number of halogens is 1. The number of azo groups is 1. The minimum absolute atomic E-state index is 0.0144. The summed E-state index contributed by atoms with van der Waals surface area (Å²) >= 11 is 3.52. The van der Waals surface area contributed by atoms with Gasteiger partial charge < -0.3 is 9.84 Å². The summed E-state index contributed by atoms with van der Waals surface area (Å²) in [5.41, 5.74) is 2.07. The first-order chi connectivity index (χ1) is 16.6. The van der Waals surface area contributed by atoms with E-state index in [0.717, 1.165) is 28.3 Å². The fourth-order valence-electron chi connectivity index (χ4n) is 6.43. The van der Waals surface area contributed by atoms with Crippen LogP contribution in [0.25, 0.3) is 10.9 Å². The van der Waals surface area contributed by atoms with Crippen molar-refractivity contribution in [2.45, 2.75) is 52.7 Å². The third-order valence-electron chi connectivity index (χ3n) is 7.40. The van der Waals surface area contributed by atoms with Crippen LogP contribution in [0.1, 0.15) is 50.4 Å². The number of carbonyl (C=O) groups excluding carboxylic acids is 1. The number of amides is 1. The van der Waals surface area contributed by atoms with Gasteiger partial charge in [-0.15, -0.1) is 10.2 Å². The Hall–Kier alpha value is -2.71. The van der Waals surface area contributed by atoms with Crippen molar-refractivity contribution < 1.29 is 14.6 Å². The smallest absolute Gasteiger partial charge is 0.299 e. The first-order valence-electron chi connectivity index (χ1n) is 11.9. The van der Waals surface area contributed by atoms with E-state index in [1.165, 1.54) is 20.0 Å². The molecule has 2 aromatic carbocycles. The highest BCUT2D eigenvalue weighted by atomic mass is 79.9. The molecule has 2 bridgehead atoms. The number of ether oxygens (including phenoxy) is 1. The zero-order chi connectivity index (χ0) is 25.0. The largest absolute Gasteiger partial charge is 0.496 e. The molecule has 2 fully saturated rings. The third kappa shape index (κ3) is 4.49. The normalized spacial score (nSPS) is 23.9. The van der Waals surface area contributed by atoms with E-state index >= 15 is 0 Å².